The van der Waals surface area contributed by atoms with E-state index in [1.165, 1.54) is 0 Å². The molecule has 8 aromatic rings. The normalized spacial score (nSPS) is 24.1. The van der Waals surface area contributed by atoms with Gasteiger partial charge in [0.05, 0.1) is 13.7 Å². The summed E-state index contributed by atoms with van der Waals surface area (Å²) in [4.78, 5) is 9.09. The van der Waals surface area contributed by atoms with Crippen molar-refractivity contribution >= 4 is 33.2 Å². The number of hydrogen-bond donors (Lipinski definition) is 0. The summed E-state index contributed by atoms with van der Waals surface area (Å²) < 4.78 is 96.8. The number of benzene rings is 6. The third-order valence-electron chi connectivity index (χ3n) is 13.3. The maximum atomic E-state index is 9.14. The van der Waals surface area contributed by atoms with E-state index in [1.807, 2.05) is 61.4 Å². The van der Waals surface area contributed by atoms with Crippen molar-refractivity contribution < 1.29 is 39.5 Å². The number of aromatic nitrogens is 2. The van der Waals surface area contributed by atoms with Crippen molar-refractivity contribution in [3.8, 4) is 39.6 Å². The third-order valence-corrected chi connectivity index (χ3v) is 13.3. The molecule has 308 valence electrons. The van der Waals surface area contributed by atoms with Gasteiger partial charge in [-0.05, 0) is 75.8 Å². The van der Waals surface area contributed by atoms with Gasteiger partial charge in [-0.2, -0.15) is 24.9 Å². The number of fused-ring (bicyclic) bond motifs is 8. The van der Waals surface area contributed by atoms with Gasteiger partial charge in [-0.1, -0.05) is 137 Å². The zero-order chi connectivity index (χ0) is 49.4. The Bertz CT molecular complexity index is 3340. The van der Waals surface area contributed by atoms with Gasteiger partial charge in [0.1, 0.15) is 5.82 Å². The summed E-state index contributed by atoms with van der Waals surface area (Å²) in [5, 5.41) is 2.07. The Morgan fingerprint density at radius 1 is 0.705 bits per heavy atom. The molecule has 4 unspecified atom stereocenters. The quantitative estimate of drug-likeness (QED) is 0.149. The molecule has 2 saturated carbocycles. The van der Waals surface area contributed by atoms with Crippen LogP contribution in [0, 0.1) is 42.5 Å². The van der Waals surface area contributed by atoms with E-state index in [0.29, 0.717) is 34.7 Å². The molecule has 2 aliphatic carbocycles. The van der Waals surface area contributed by atoms with Gasteiger partial charge in [0.2, 0.25) is 0 Å². The molecule has 2 bridgehead atoms. The Morgan fingerprint density at radius 2 is 1.34 bits per heavy atom. The standard InChI is InChI=1S/C55H49N4O.Pt/c1-35-36(2)48-33-47(35)53-54(48)58(52-43(37-16-8-6-9-17-37)23-15-24-44(52)38-18-10-7-11-19-38)34-57(53)40-20-14-21-41(31-40)60-42-26-27-46-45-22-12-13-25-49(45)59(50(46)32-42)51-30-39(28-29-56-51)55(3,4)5;/h6-30,34-36,47-48,53-54H,33H2,1-5H3;/q-3;/t35?,36?,47-,48?,53-,54?;/m0./s1/i6D,7D,8D,9D,10D,11D,16D,17D,18D,19D;. The minimum Gasteiger partial charge on any atom is -0.519 e. The van der Waals surface area contributed by atoms with Crippen LogP contribution in [0.2, 0.25) is 0 Å². The van der Waals surface area contributed by atoms with Gasteiger partial charge in [0, 0.05) is 73.2 Å². The zero-order valence-corrected chi connectivity index (χ0v) is 36.7. The first-order valence-corrected chi connectivity index (χ1v) is 20.7. The molecule has 3 fully saturated rings. The zero-order valence-electron chi connectivity index (χ0n) is 44.4. The summed E-state index contributed by atoms with van der Waals surface area (Å²) in [6, 6.07) is 29.3. The minimum atomic E-state index is -0.530. The van der Waals surface area contributed by atoms with Crippen molar-refractivity contribution in [1.29, 1.82) is 0 Å². The van der Waals surface area contributed by atoms with Gasteiger partial charge in [-0.3, -0.25) is 0 Å². The monoisotopic (exact) mass is 986 g/mol. The molecule has 3 aliphatic rings. The number of rotatable bonds is 7. The second-order valence-electron chi connectivity index (χ2n) is 17.5. The van der Waals surface area contributed by atoms with Gasteiger partial charge in [-0.25, -0.2) is 4.98 Å². The van der Waals surface area contributed by atoms with Crippen molar-refractivity contribution in [2.75, 3.05) is 9.80 Å². The fraction of sp³-hybridized carbons (Fsp3) is 0.236. The van der Waals surface area contributed by atoms with Crippen LogP contribution in [0.25, 0.3) is 49.9 Å². The van der Waals surface area contributed by atoms with Crippen LogP contribution < -0.4 is 14.5 Å². The molecule has 0 amide bonds. The molecule has 2 aromatic heterocycles. The summed E-state index contributed by atoms with van der Waals surface area (Å²) in [7, 11) is 0. The summed E-state index contributed by atoms with van der Waals surface area (Å²) in [6.45, 7) is 13.1. The molecule has 11 rings (SSSR count). The summed E-state index contributed by atoms with van der Waals surface area (Å²) >= 11 is 0. The van der Waals surface area contributed by atoms with Crippen molar-refractivity contribution in [3.63, 3.8) is 0 Å². The second kappa shape index (κ2) is 15.4. The Labute approximate surface area is 388 Å². The van der Waals surface area contributed by atoms with E-state index in [-0.39, 0.29) is 72.7 Å². The number of pyridine rings is 1. The van der Waals surface area contributed by atoms with Crippen molar-refractivity contribution in [1.82, 2.24) is 9.55 Å². The van der Waals surface area contributed by atoms with Crippen molar-refractivity contribution in [3.05, 3.63) is 176 Å². The molecule has 0 N–H and O–H groups in total. The second-order valence-corrected chi connectivity index (χ2v) is 17.5. The maximum Gasteiger partial charge on any atom is 0.135 e. The largest absolute Gasteiger partial charge is 0.519 e. The first-order chi connectivity index (χ1) is 33.4. The first kappa shape index (κ1) is 29.6. The van der Waals surface area contributed by atoms with E-state index in [9.17, 15) is 0 Å². The van der Waals surface area contributed by atoms with Crippen LogP contribution in [0.5, 0.6) is 11.5 Å². The van der Waals surface area contributed by atoms with Crippen LogP contribution in [0.4, 0.5) is 11.4 Å². The number of nitrogens with zero attached hydrogens (tertiary/aromatic N) is 4. The maximum absolute atomic E-state index is 9.14. The van der Waals surface area contributed by atoms with Crippen LogP contribution in [0.15, 0.2) is 152 Å². The number of hydrogen-bond acceptors (Lipinski definition) is 4. The van der Waals surface area contributed by atoms with E-state index >= 15 is 0 Å². The molecule has 6 heteroatoms. The minimum absolute atomic E-state index is 0. The van der Waals surface area contributed by atoms with E-state index in [1.54, 1.807) is 18.2 Å². The molecular weight excluding hydrogens is 928 g/mol. The SMILES string of the molecule is [2H]c1c([2H])c([2H])c(-c2cccc(-c3c([2H])c([2H])c([2H])c([2H])c3[2H])c2N2[CH-]N(c3[c-]c(Oc4[c-]c5c(cc4)c4ccccc4n5-c4cc(C(C)(C)C)ccn4)ccc3)[C@@H]3C2C2C[C@H]3C(C)C2C)c([2H])c1[2H].[Pt]. The topological polar surface area (TPSA) is 33.5 Å². The summed E-state index contributed by atoms with van der Waals surface area (Å²) in [6.07, 6.45) is 2.76. The van der Waals surface area contributed by atoms with Gasteiger partial charge < -0.3 is 19.1 Å². The van der Waals surface area contributed by atoms with Crippen LogP contribution in [-0.4, -0.2) is 21.6 Å². The Hall–Kier alpha value is -5.64. The number of anilines is 2. The van der Waals surface area contributed by atoms with Gasteiger partial charge in [0.25, 0.3) is 0 Å². The van der Waals surface area contributed by atoms with E-state index in [2.05, 4.69) is 79.3 Å². The Kier molecular flexibility index (Phi) is 7.45. The fourth-order valence-electron chi connectivity index (χ4n) is 10.3. The van der Waals surface area contributed by atoms with Crippen molar-refractivity contribution in [2.45, 2.75) is 58.5 Å². The van der Waals surface area contributed by atoms with Gasteiger partial charge in [0.15, 0.2) is 0 Å². The van der Waals surface area contributed by atoms with E-state index in [4.69, 9.17) is 23.4 Å². The molecule has 61 heavy (non-hydrogen) atoms. The average molecular weight is 987 g/mol. The molecular formula is C55H49N4OPt-3. The first-order valence-electron chi connectivity index (χ1n) is 25.7. The van der Waals surface area contributed by atoms with Crippen LogP contribution in [0.3, 0.4) is 0 Å². The third kappa shape index (κ3) is 6.59. The smallest absolute Gasteiger partial charge is 0.135 e. The molecule has 0 spiro atoms. The van der Waals surface area contributed by atoms with Crippen molar-refractivity contribution in [2.24, 2.45) is 23.7 Å². The molecule has 6 aromatic carbocycles. The predicted molar refractivity (Wildman–Crippen MR) is 246 cm³/mol. The summed E-state index contributed by atoms with van der Waals surface area (Å²) in [5.41, 5.74) is 4.46. The average Bonchev–Trinajstić information content (AvgIpc) is 4.10. The molecule has 1 aliphatic heterocycles. The number of para-hydroxylation sites is 2. The Balaban J connectivity index is 0.00000582. The Morgan fingerprint density at radius 3 is 2.03 bits per heavy atom. The molecule has 0 radical (unpaired) electrons. The van der Waals surface area contributed by atoms with Crippen LogP contribution in [-0.2, 0) is 26.5 Å². The molecule has 1 saturated heterocycles. The molecule has 6 atom stereocenters. The predicted octanol–water partition coefficient (Wildman–Crippen LogP) is 13.3. The summed E-state index contributed by atoms with van der Waals surface area (Å²) in [5.74, 6) is 2.75. The van der Waals surface area contributed by atoms with Crippen LogP contribution >= 0.6 is 0 Å². The molecule has 3 heterocycles. The number of ether oxygens (including phenoxy) is 1. The van der Waals surface area contributed by atoms with Gasteiger partial charge >= 0.3 is 0 Å². The molecule has 5 nitrogen and oxygen atoms in total. The van der Waals surface area contributed by atoms with E-state index < -0.39 is 60.4 Å². The van der Waals surface area contributed by atoms with Crippen LogP contribution in [0.1, 0.15) is 60.3 Å². The van der Waals surface area contributed by atoms with E-state index in [0.717, 1.165) is 39.6 Å². The fourth-order valence-corrected chi connectivity index (χ4v) is 10.3. The van der Waals surface area contributed by atoms with Gasteiger partial charge in [-0.15, -0.1) is 35.3 Å².